The van der Waals surface area contributed by atoms with Crippen LogP contribution < -0.4 is 11.1 Å². The smallest absolute Gasteiger partial charge is 0.251 e. The first-order valence-corrected chi connectivity index (χ1v) is 9.80. The molecule has 1 aliphatic rings. The van der Waals surface area contributed by atoms with Crippen molar-refractivity contribution in [1.82, 2.24) is 9.62 Å². The molecule has 0 heterocycles. The van der Waals surface area contributed by atoms with Gasteiger partial charge in [0.05, 0.1) is 4.90 Å². The number of hydrogen-bond donors (Lipinski definition) is 2. The van der Waals surface area contributed by atoms with Gasteiger partial charge in [-0.15, -0.1) is 12.4 Å². The van der Waals surface area contributed by atoms with Crippen molar-refractivity contribution >= 4 is 28.3 Å². The molecule has 6 nitrogen and oxygen atoms in total. The number of hydrogen-bond acceptors (Lipinski definition) is 4. The molecule has 0 aliphatic heterocycles. The molecule has 0 saturated heterocycles. The van der Waals surface area contributed by atoms with Gasteiger partial charge in [-0.3, -0.25) is 4.79 Å². The number of amides is 1. The lowest BCUT2D eigenvalue weighted by Crippen LogP contribution is -2.40. The predicted octanol–water partition coefficient (Wildman–Crippen LogP) is 2.14. The van der Waals surface area contributed by atoms with Crippen LogP contribution in [0.3, 0.4) is 0 Å². The molecule has 1 aromatic rings. The second-order valence-corrected chi connectivity index (χ2v) is 8.73. The average Bonchev–Trinajstić information content (AvgIpc) is 2.56. The second-order valence-electron chi connectivity index (χ2n) is 6.73. The van der Waals surface area contributed by atoms with E-state index in [0.29, 0.717) is 5.56 Å². The fourth-order valence-electron chi connectivity index (χ4n) is 2.77. The van der Waals surface area contributed by atoms with Crippen molar-refractivity contribution in [3.05, 3.63) is 29.8 Å². The Labute approximate surface area is 156 Å². The van der Waals surface area contributed by atoms with Gasteiger partial charge in [-0.05, 0) is 57.7 Å². The summed E-state index contributed by atoms with van der Waals surface area (Å²) in [5, 5.41) is 2.98. The molecule has 1 aliphatic carbocycles. The van der Waals surface area contributed by atoms with E-state index in [1.165, 1.54) is 23.5 Å². The van der Waals surface area contributed by atoms with Crippen LogP contribution in [-0.2, 0) is 10.0 Å². The molecular formula is C17H28ClN3O3S. The van der Waals surface area contributed by atoms with Gasteiger partial charge >= 0.3 is 0 Å². The van der Waals surface area contributed by atoms with Gasteiger partial charge in [0.25, 0.3) is 5.91 Å². The normalized spacial score (nSPS) is 21.0. The summed E-state index contributed by atoms with van der Waals surface area (Å²) in [5.74, 6) is -0.236. The standard InChI is InChI=1S/C17H27N3O3S.ClH/c1-12(2)20(3)24(22,23)16-6-4-5-13(11-16)17(21)19-15-9-7-14(18)8-10-15;/h4-6,11-12,14-15H,7-10,18H2,1-3H3,(H,19,21);1H. The van der Waals surface area contributed by atoms with E-state index < -0.39 is 10.0 Å². The Morgan fingerprint density at radius 3 is 2.40 bits per heavy atom. The molecule has 0 atom stereocenters. The number of nitrogens with zero attached hydrogens (tertiary/aromatic N) is 1. The van der Waals surface area contributed by atoms with E-state index >= 15 is 0 Å². The molecule has 1 fully saturated rings. The summed E-state index contributed by atoms with van der Waals surface area (Å²) >= 11 is 0. The van der Waals surface area contributed by atoms with E-state index in [-0.39, 0.29) is 41.3 Å². The van der Waals surface area contributed by atoms with E-state index in [1.807, 2.05) is 13.8 Å². The highest BCUT2D eigenvalue weighted by Crippen LogP contribution is 2.20. The molecule has 1 amide bonds. The number of carbonyl (C=O) groups excluding carboxylic acids is 1. The molecule has 0 spiro atoms. The van der Waals surface area contributed by atoms with Crippen molar-refractivity contribution in [3.8, 4) is 0 Å². The third-order valence-corrected chi connectivity index (χ3v) is 6.64. The quantitative estimate of drug-likeness (QED) is 0.806. The number of carbonyl (C=O) groups is 1. The summed E-state index contributed by atoms with van der Waals surface area (Å²) < 4.78 is 26.4. The lowest BCUT2D eigenvalue weighted by atomic mass is 9.91. The van der Waals surface area contributed by atoms with E-state index in [2.05, 4.69) is 5.32 Å². The topological polar surface area (TPSA) is 92.5 Å². The average molecular weight is 390 g/mol. The summed E-state index contributed by atoms with van der Waals surface area (Å²) in [5.41, 5.74) is 6.24. The molecule has 3 N–H and O–H groups in total. The van der Waals surface area contributed by atoms with Crippen LogP contribution in [-0.4, -0.2) is 43.8 Å². The summed E-state index contributed by atoms with van der Waals surface area (Å²) in [7, 11) is -2.06. The molecule has 2 rings (SSSR count). The molecule has 142 valence electrons. The zero-order chi connectivity index (χ0) is 17.9. The monoisotopic (exact) mass is 389 g/mol. The van der Waals surface area contributed by atoms with Gasteiger partial charge in [0.2, 0.25) is 10.0 Å². The van der Waals surface area contributed by atoms with E-state index in [1.54, 1.807) is 12.1 Å². The molecule has 1 aromatic carbocycles. The fourth-order valence-corrected chi connectivity index (χ4v) is 4.19. The van der Waals surface area contributed by atoms with Gasteiger partial charge in [0.1, 0.15) is 0 Å². The lowest BCUT2D eigenvalue weighted by Gasteiger charge is -2.27. The Morgan fingerprint density at radius 2 is 1.84 bits per heavy atom. The first-order valence-electron chi connectivity index (χ1n) is 8.36. The Bertz CT molecular complexity index is 686. The third kappa shape index (κ3) is 5.41. The van der Waals surface area contributed by atoms with Crippen molar-refractivity contribution in [2.24, 2.45) is 5.73 Å². The van der Waals surface area contributed by atoms with Crippen LogP contribution in [0, 0.1) is 0 Å². The maximum absolute atomic E-state index is 12.6. The lowest BCUT2D eigenvalue weighted by molar-refractivity contribution is 0.0925. The highest BCUT2D eigenvalue weighted by Gasteiger charge is 2.25. The first kappa shape index (κ1) is 21.9. The molecule has 0 radical (unpaired) electrons. The molecule has 0 bridgehead atoms. The van der Waals surface area contributed by atoms with Crippen molar-refractivity contribution in [2.75, 3.05) is 7.05 Å². The zero-order valence-corrected chi connectivity index (χ0v) is 16.6. The second kappa shape index (κ2) is 8.98. The number of nitrogens with two attached hydrogens (primary N) is 1. The van der Waals surface area contributed by atoms with Crippen molar-refractivity contribution < 1.29 is 13.2 Å². The first-order chi connectivity index (χ1) is 11.2. The number of halogens is 1. The maximum atomic E-state index is 12.6. The largest absolute Gasteiger partial charge is 0.349 e. The molecular weight excluding hydrogens is 362 g/mol. The third-order valence-electron chi connectivity index (χ3n) is 4.61. The number of rotatable bonds is 5. The highest BCUT2D eigenvalue weighted by atomic mass is 35.5. The molecule has 8 heteroatoms. The molecule has 0 aromatic heterocycles. The molecule has 25 heavy (non-hydrogen) atoms. The van der Waals surface area contributed by atoms with Crippen LogP contribution in [0.5, 0.6) is 0 Å². The van der Waals surface area contributed by atoms with Crippen LogP contribution in [0.25, 0.3) is 0 Å². The fraction of sp³-hybridized carbons (Fsp3) is 0.588. The summed E-state index contributed by atoms with van der Waals surface area (Å²) in [6.45, 7) is 3.61. The van der Waals surface area contributed by atoms with Crippen molar-refractivity contribution in [3.63, 3.8) is 0 Å². The minimum atomic E-state index is -3.60. The van der Waals surface area contributed by atoms with Crippen molar-refractivity contribution in [2.45, 2.75) is 62.6 Å². The van der Waals surface area contributed by atoms with Gasteiger partial charge in [-0.25, -0.2) is 8.42 Å². The van der Waals surface area contributed by atoms with Crippen LogP contribution in [0.1, 0.15) is 49.9 Å². The van der Waals surface area contributed by atoms with Crippen LogP contribution in [0.4, 0.5) is 0 Å². The maximum Gasteiger partial charge on any atom is 0.251 e. The van der Waals surface area contributed by atoms with Gasteiger partial charge in [0.15, 0.2) is 0 Å². The SMILES string of the molecule is CC(C)N(C)S(=O)(=O)c1cccc(C(=O)NC2CCC(N)CC2)c1.Cl. The van der Waals surface area contributed by atoms with Crippen LogP contribution in [0.2, 0.25) is 0 Å². The predicted molar refractivity (Wildman–Crippen MR) is 101 cm³/mol. The number of nitrogens with one attached hydrogen (secondary N) is 1. The minimum Gasteiger partial charge on any atom is -0.349 e. The number of sulfonamides is 1. The van der Waals surface area contributed by atoms with E-state index in [9.17, 15) is 13.2 Å². The van der Waals surface area contributed by atoms with E-state index in [0.717, 1.165) is 25.7 Å². The minimum absolute atomic E-state index is 0. The Hall–Kier alpha value is -1.15. The van der Waals surface area contributed by atoms with Crippen LogP contribution >= 0.6 is 12.4 Å². The van der Waals surface area contributed by atoms with Gasteiger partial charge < -0.3 is 11.1 Å². The Morgan fingerprint density at radius 1 is 1.24 bits per heavy atom. The zero-order valence-electron chi connectivity index (χ0n) is 14.9. The molecule has 0 unspecified atom stereocenters. The Balaban J connectivity index is 0.00000312. The van der Waals surface area contributed by atoms with Gasteiger partial charge in [0, 0.05) is 30.7 Å². The van der Waals surface area contributed by atoms with Gasteiger partial charge in [-0.2, -0.15) is 4.31 Å². The summed E-state index contributed by atoms with van der Waals surface area (Å²) in [6, 6.07) is 6.38. The van der Waals surface area contributed by atoms with Gasteiger partial charge in [-0.1, -0.05) is 6.07 Å². The summed E-state index contributed by atoms with van der Waals surface area (Å²) in [6.07, 6.45) is 3.53. The highest BCUT2D eigenvalue weighted by molar-refractivity contribution is 7.89. The molecule has 1 saturated carbocycles. The van der Waals surface area contributed by atoms with E-state index in [4.69, 9.17) is 5.73 Å². The number of benzene rings is 1. The van der Waals surface area contributed by atoms with Crippen LogP contribution in [0.15, 0.2) is 29.2 Å². The van der Waals surface area contributed by atoms with Crippen molar-refractivity contribution in [1.29, 1.82) is 0 Å². The Kier molecular flexibility index (Phi) is 7.87. The summed E-state index contributed by atoms with van der Waals surface area (Å²) in [4.78, 5) is 12.6.